The third-order valence-corrected chi connectivity index (χ3v) is 3.65. The Hall–Kier alpha value is -2.94. The number of carbonyl (C=O) groups excluding carboxylic acids is 4. The van der Waals surface area contributed by atoms with Crippen molar-refractivity contribution in [1.82, 2.24) is 0 Å². The monoisotopic (exact) mass is 437 g/mol. The van der Waals surface area contributed by atoms with E-state index in [-0.39, 0.29) is 12.8 Å². The molecule has 1 unspecified atom stereocenters. The van der Waals surface area contributed by atoms with Crippen LogP contribution in [-0.4, -0.2) is 41.5 Å². The number of benzene rings is 1. The van der Waals surface area contributed by atoms with Gasteiger partial charge in [-0.1, -0.05) is 30.3 Å². The van der Waals surface area contributed by atoms with Gasteiger partial charge < -0.3 is 24.7 Å². The molecule has 31 heavy (non-hydrogen) atoms. The van der Waals surface area contributed by atoms with Crippen molar-refractivity contribution in [1.29, 1.82) is 0 Å². The number of carbonyl (C=O) groups is 4. The fourth-order valence-corrected chi connectivity index (χ4v) is 2.43. The Balaban J connectivity index is 2.85. The van der Waals surface area contributed by atoms with Gasteiger partial charge in [0, 0.05) is 0 Å². The Morgan fingerprint density at radius 1 is 0.806 bits per heavy atom. The van der Waals surface area contributed by atoms with Crippen molar-refractivity contribution >= 4 is 24.2 Å². The highest BCUT2D eigenvalue weighted by molar-refractivity contribution is 5.87. The van der Waals surface area contributed by atoms with Crippen LogP contribution in [0.4, 0.5) is 9.59 Å². The lowest BCUT2D eigenvalue weighted by atomic mass is 9.93. The molecule has 0 aromatic heterocycles. The molecule has 1 rings (SSSR count). The van der Waals surface area contributed by atoms with Gasteiger partial charge in [-0.15, -0.1) is 0 Å². The maximum absolute atomic E-state index is 12.6. The minimum Gasteiger partial charge on any atom is -0.428 e. The quantitative estimate of drug-likeness (QED) is 0.524. The lowest BCUT2D eigenvalue weighted by Crippen LogP contribution is -2.39. The largest absolute Gasteiger partial charge is 0.516 e. The Morgan fingerprint density at radius 2 is 1.26 bits per heavy atom. The number of hydrogen-bond acceptors (Lipinski definition) is 9. The summed E-state index contributed by atoms with van der Waals surface area (Å²) >= 11 is 0. The number of rotatable bonds is 6. The van der Waals surface area contributed by atoms with Crippen LogP contribution in [0.1, 0.15) is 53.5 Å². The first-order valence-corrected chi connectivity index (χ1v) is 9.85. The number of esters is 2. The SMILES string of the molecule is CC(C)(C)OC(=O)OC(=O)C(Cc1ccccc1)C[C@@H](N)C(=O)OC(=O)OC(C)(C)C. The summed E-state index contributed by atoms with van der Waals surface area (Å²) in [6.45, 7) is 9.72. The van der Waals surface area contributed by atoms with Crippen molar-refractivity contribution in [2.75, 3.05) is 0 Å². The fourth-order valence-electron chi connectivity index (χ4n) is 2.43. The first kappa shape index (κ1) is 26.1. The van der Waals surface area contributed by atoms with Gasteiger partial charge in [0.1, 0.15) is 17.2 Å². The lowest BCUT2D eigenvalue weighted by Gasteiger charge is -2.22. The molecule has 9 heteroatoms. The van der Waals surface area contributed by atoms with E-state index in [0.717, 1.165) is 5.56 Å². The van der Waals surface area contributed by atoms with Crippen LogP contribution in [0.2, 0.25) is 0 Å². The summed E-state index contributed by atoms with van der Waals surface area (Å²) in [5, 5.41) is 0. The van der Waals surface area contributed by atoms with Crippen molar-refractivity contribution in [3.8, 4) is 0 Å². The molecule has 0 aliphatic heterocycles. The van der Waals surface area contributed by atoms with E-state index in [0.29, 0.717) is 0 Å². The molecule has 0 bridgehead atoms. The standard InChI is InChI=1S/C22H31NO8/c1-21(2,3)30-19(26)28-17(24)15(12-14-10-8-7-9-11-14)13-16(23)18(25)29-20(27)31-22(4,5)6/h7-11,15-16H,12-13,23H2,1-6H3/t15?,16-/m1/s1. The third-order valence-electron chi connectivity index (χ3n) is 3.65. The molecule has 172 valence electrons. The summed E-state index contributed by atoms with van der Waals surface area (Å²) < 4.78 is 19.3. The first-order chi connectivity index (χ1) is 14.2. The van der Waals surface area contributed by atoms with Crippen molar-refractivity contribution < 1.29 is 38.1 Å². The molecule has 0 amide bonds. The van der Waals surface area contributed by atoms with Gasteiger partial charge in [0.2, 0.25) is 0 Å². The van der Waals surface area contributed by atoms with Crippen LogP contribution >= 0.6 is 0 Å². The third kappa shape index (κ3) is 11.1. The molecule has 0 aliphatic carbocycles. The van der Waals surface area contributed by atoms with Crippen molar-refractivity contribution in [3.63, 3.8) is 0 Å². The maximum Gasteiger partial charge on any atom is 0.516 e. The van der Waals surface area contributed by atoms with E-state index in [1.54, 1.807) is 65.8 Å². The molecule has 0 heterocycles. The Morgan fingerprint density at radius 3 is 1.71 bits per heavy atom. The summed E-state index contributed by atoms with van der Waals surface area (Å²) in [6, 6.07) is 7.59. The molecule has 0 aliphatic rings. The molecule has 9 nitrogen and oxygen atoms in total. The fraction of sp³-hybridized carbons (Fsp3) is 0.545. The van der Waals surface area contributed by atoms with Crippen molar-refractivity contribution in [2.45, 2.75) is 71.6 Å². The zero-order chi connectivity index (χ0) is 23.8. The average molecular weight is 437 g/mol. The molecular weight excluding hydrogens is 406 g/mol. The predicted octanol–water partition coefficient (Wildman–Crippen LogP) is 3.52. The van der Waals surface area contributed by atoms with E-state index in [4.69, 9.17) is 19.9 Å². The van der Waals surface area contributed by atoms with Gasteiger partial charge in [-0.05, 0) is 59.9 Å². The highest BCUT2D eigenvalue weighted by Gasteiger charge is 2.32. The van der Waals surface area contributed by atoms with Crippen LogP contribution in [-0.2, 0) is 35.0 Å². The Bertz CT molecular complexity index is 777. The van der Waals surface area contributed by atoms with E-state index in [1.807, 2.05) is 6.07 Å². The average Bonchev–Trinajstić information content (AvgIpc) is 2.58. The lowest BCUT2D eigenvalue weighted by molar-refractivity contribution is -0.147. The van der Waals surface area contributed by atoms with Crippen LogP contribution in [0.5, 0.6) is 0 Å². The highest BCUT2D eigenvalue weighted by Crippen LogP contribution is 2.18. The van der Waals surface area contributed by atoms with E-state index >= 15 is 0 Å². The second kappa shape index (κ2) is 10.9. The van der Waals surface area contributed by atoms with Gasteiger partial charge in [-0.3, -0.25) is 4.79 Å². The van der Waals surface area contributed by atoms with E-state index in [1.165, 1.54) is 0 Å². The Kier molecular flexibility index (Phi) is 9.18. The smallest absolute Gasteiger partial charge is 0.428 e. The number of ether oxygens (including phenoxy) is 4. The minimum absolute atomic E-state index is 0.149. The zero-order valence-corrected chi connectivity index (χ0v) is 18.8. The molecule has 0 radical (unpaired) electrons. The van der Waals surface area contributed by atoms with Gasteiger partial charge in [-0.25, -0.2) is 14.4 Å². The second-order valence-electron chi connectivity index (χ2n) is 9.00. The summed E-state index contributed by atoms with van der Waals surface area (Å²) in [6.07, 6.45) is -2.42. The molecular formula is C22H31NO8. The van der Waals surface area contributed by atoms with Crippen LogP contribution in [0.3, 0.4) is 0 Å². The van der Waals surface area contributed by atoms with E-state index in [2.05, 4.69) is 4.74 Å². The van der Waals surface area contributed by atoms with E-state index in [9.17, 15) is 19.2 Å². The van der Waals surface area contributed by atoms with Gasteiger partial charge in [-0.2, -0.15) is 0 Å². The number of nitrogens with two attached hydrogens (primary N) is 1. The van der Waals surface area contributed by atoms with Gasteiger partial charge >= 0.3 is 24.2 Å². The van der Waals surface area contributed by atoms with Crippen molar-refractivity contribution in [3.05, 3.63) is 35.9 Å². The van der Waals surface area contributed by atoms with Crippen LogP contribution in [0.25, 0.3) is 0 Å². The Labute approximate surface area is 182 Å². The molecule has 1 aromatic carbocycles. The topological polar surface area (TPSA) is 131 Å². The second-order valence-corrected chi connectivity index (χ2v) is 9.00. The molecule has 0 saturated heterocycles. The molecule has 2 N–H and O–H groups in total. The van der Waals surface area contributed by atoms with Gasteiger partial charge in [0.15, 0.2) is 0 Å². The normalized spacial score (nSPS) is 13.5. The molecule has 2 atom stereocenters. The highest BCUT2D eigenvalue weighted by atomic mass is 16.8. The first-order valence-electron chi connectivity index (χ1n) is 9.85. The van der Waals surface area contributed by atoms with Crippen LogP contribution < -0.4 is 5.73 Å². The predicted molar refractivity (Wildman–Crippen MR) is 111 cm³/mol. The van der Waals surface area contributed by atoms with E-state index < -0.39 is 47.4 Å². The zero-order valence-electron chi connectivity index (χ0n) is 18.8. The summed E-state index contributed by atoms with van der Waals surface area (Å²) in [7, 11) is 0. The summed E-state index contributed by atoms with van der Waals surface area (Å²) in [4.78, 5) is 48.3. The minimum atomic E-state index is -1.33. The summed E-state index contributed by atoms with van der Waals surface area (Å²) in [5.74, 6) is -2.92. The van der Waals surface area contributed by atoms with Crippen molar-refractivity contribution in [2.24, 2.45) is 11.7 Å². The van der Waals surface area contributed by atoms with Crippen LogP contribution in [0, 0.1) is 5.92 Å². The summed E-state index contributed by atoms with van der Waals surface area (Å²) in [5.41, 5.74) is 4.91. The molecule has 0 spiro atoms. The molecule has 1 aromatic rings. The van der Waals surface area contributed by atoms with Crippen LogP contribution in [0.15, 0.2) is 30.3 Å². The maximum atomic E-state index is 12.6. The molecule has 0 saturated carbocycles. The molecule has 0 fully saturated rings. The number of hydrogen-bond donors (Lipinski definition) is 1. The van der Waals surface area contributed by atoms with Gasteiger partial charge in [0.25, 0.3) is 0 Å². The van der Waals surface area contributed by atoms with Gasteiger partial charge in [0.05, 0.1) is 5.92 Å².